The number of anilines is 1. The van der Waals surface area contributed by atoms with Crippen LogP contribution in [0, 0.1) is 0 Å². The fourth-order valence-corrected chi connectivity index (χ4v) is 4.23. The van der Waals surface area contributed by atoms with E-state index < -0.39 is 0 Å². The molecule has 184 valence electrons. The molecule has 0 radical (unpaired) electrons. The van der Waals surface area contributed by atoms with Gasteiger partial charge in [0, 0.05) is 36.8 Å². The van der Waals surface area contributed by atoms with Gasteiger partial charge in [-0.05, 0) is 73.3 Å². The van der Waals surface area contributed by atoms with E-state index in [4.69, 9.17) is 4.42 Å². The molecule has 0 unspecified atom stereocenters. The minimum Gasteiger partial charge on any atom is -0.435 e. The normalized spacial score (nSPS) is 14.2. The van der Waals surface area contributed by atoms with Crippen molar-refractivity contribution in [1.29, 1.82) is 0 Å². The molecule has 1 aromatic heterocycles. The van der Waals surface area contributed by atoms with Gasteiger partial charge in [0.05, 0.1) is 0 Å². The lowest BCUT2D eigenvalue weighted by Gasteiger charge is -2.18. The number of hydrogen-bond acceptors (Lipinski definition) is 5. The first-order valence-electron chi connectivity index (χ1n) is 12.2. The predicted octanol–water partition coefficient (Wildman–Crippen LogP) is 5.09. The predicted molar refractivity (Wildman–Crippen MR) is 138 cm³/mol. The Morgan fingerprint density at radius 2 is 1.60 bits per heavy atom. The van der Waals surface area contributed by atoms with Gasteiger partial charge in [0.2, 0.25) is 11.8 Å². The van der Waals surface area contributed by atoms with Crippen molar-refractivity contribution < 1.29 is 14.0 Å². The van der Waals surface area contributed by atoms with Gasteiger partial charge in [-0.1, -0.05) is 32.9 Å². The molecule has 0 saturated carbocycles. The standard InChI is InChI=1S/C28H34N4O3/c1-19(33)30-23-13-9-20(10-14-23)25-24(26(34)29-15-18-32-16-5-6-17-32)31-27(35-25)21-7-11-22(12-8-21)28(2,3)4/h7-14H,5-6,15-18H2,1-4H3,(H,29,34)(H,30,33). The molecule has 0 atom stereocenters. The third-order valence-corrected chi connectivity index (χ3v) is 6.22. The number of nitrogens with one attached hydrogen (secondary N) is 2. The summed E-state index contributed by atoms with van der Waals surface area (Å²) in [4.78, 5) is 31.5. The summed E-state index contributed by atoms with van der Waals surface area (Å²) in [6, 6.07) is 15.3. The molecule has 7 nitrogen and oxygen atoms in total. The summed E-state index contributed by atoms with van der Waals surface area (Å²) in [6.45, 7) is 11.5. The summed E-state index contributed by atoms with van der Waals surface area (Å²) >= 11 is 0. The number of amides is 2. The number of carbonyl (C=O) groups is 2. The highest BCUT2D eigenvalue weighted by Crippen LogP contribution is 2.32. The Kier molecular flexibility index (Phi) is 7.36. The van der Waals surface area contributed by atoms with Gasteiger partial charge in [0.25, 0.3) is 5.91 Å². The van der Waals surface area contributed by atoms with Crippen LogP contribution >= 0.6 is 0 Å². The van der Waals surface area contributed by atoms with Crippen LogP contribution in [0.25, 0.3) is 22.8 Å². The zero-order chi connectivity index (χ0) is 25.0. The van der Waals surface area contributed by atoms with E-state index in [0.717, 1.165) is 25.2 Å². The van der Waals surface area contributed by atoms with Gasteiger partial charge in [0.1, 0.15) is 0 Å². The highest BCUT2D eigenvalue weighted by molar-refractivity contribution is 5.98. The fraction of sp³-hybridized carbons (Fsp3) is 0.393. The summed E-state index contributed by atoms with van der Waals surface area (Å²) in [7, 11) is 0. The lowest BCUT2D eigenvalue weighted by atomic mass is 9.87. The van der Waals surface area contributed by atoms with E-state index in [0.29, 0.717) is 29.4 Å². The van der Waals surface area contributed by atoms with E-state index in [1.54, 1.807) is 12.1 Å². The Morgan fingerprint density at radius 1 is 0.971 bits per heavy atom. The van der Waals surface area contributed by atoms with Crippen LogP contribution in [0.4, 0.5) is 5.69 Å². The molecule has 2 heterocycles. The topological polar surface area (TPSA) is 87.5 Å². The maximum atomic E-state index is 13.1. The molecule has 3 aromatic rings. The average molecular weight is 475 g/mol. The second-order valence-corrected chi connectivity index (χ2v) is 10.1. The van der Waals surface area contributed by atoms with Crippen LogP contribution in [0.5, 0.6) is 0 Å². The molecule has 2 N–H and O–H groups in total. The number of oxazole rings is 1. The largest absolute Gasteiger partial charge is 0.435 e. The van der Waals surface area contributed by atoms with Gasteiger partial charge in [0.15, 0.2) is 11.5 Å². The van der Waals surface area contributed by atoms with Crippen LogP contribution in [-0.4, -0.2) is 47.9 Å². The number of nitrogens with zero attached hydrogens (tertiary/aromatic N) is 2. The molecule has 1 fully saturated rings. The van der Waals surface area contributed by atoms with E-state index in [1.165, 1.54) is 25.3 Å². The van der Waals surface area contributed by atoms with Crippen molar-refractivity contribution in [3.8, 4) is 22.8 Å². The highest BCUT2D eigenvalue weighted by atomic mass is 16.4. The first-order chi connectivity index (χ1) is 16.7. The average Bonchev–Trinajstić information content (AvgIpc) is 3.49. The van der Waals surface area contributed by atoms with Gasteiger partial charge < -0.3 is 20.0 Å². The van der Waals surface area contributed by atoms with Crippen molar-refractivity contribution in [3.05, 3.63) is 59.8 Å². The molecule has 0 bridgehead atoms. The lowest BCUT2D eigenvalue weighted by Crippen LogP contribution is -2.33. The maximum Gasteiger partial charge on any atom is 0.273 e. The van der Waals surface area contributed by atoms with Crippen molar-refractivity contribution in [2.75, 3.05) is 31.5 Å². The summed E-state index contributed by atoms with van der Waals surface area (Å²) < 4.78 is 6.16. The monoisotopic (exact) mass is 474 g/mol. The van der Waals surface area contributed by atoms with E-state index >= 15 is 0 Å². The number of aromatic nitrogens is 1. The molecule has 0 spiro atoms. The number of carbonyl (C=O) groups excluding carboxylic acids is 2. The molecule has 2 amide bonds. The molecule has 35 heavy (non-hydrogen) atoms. The van der Waals surface area contributed by atoms with Crippen LogP contribution in [0.1, 0.15) is 56.6 Å². The minimum atomic E-state index is -0.258. The zero-order valence-electron chi connectivity index (χ0n) is 21.0. The van der Waals surface area contributed by atoms with Gasteiger partial charge in [-0.15, -0.1) is 0 Å². The van der Waals surface area contributed by atoms with Crippen molar-refractivity contribution in [3.63, 3.8) is 0 Å². The first-order valence-corrected chi connectivity index (χ1v) is 12.2. The Morgan fingerprint density at radius 3 is 2.20 bits per heavy atom. The van der Waals surface area contributed by atoms with E-state index in [2.05, 4.69) is 53.4 Å². The SMILES string of the molecule is CC(=O)Nc1ccc(-c2oc(-c3ccc(C(C)(C)C)cc3)nc2C(=O)NCCN2CCCC2)cc1. The summed E-state index contributed by atoms with van der Waals surface area (Å²) in [5, 5.41) is 5.76. The molecule has 1 saturated heterocycles. The smallest absolute Gasteiger partial charge is 0.273 e. The van der Waals surface area contributed by atoms with E-state index in [-0.39, 0.29) is 22.9 Å². The minimum absolute atomic E-state index is 0.0380. The number of likely N-dealkylation sites (tertiary alicyclic amines) is 1. The molecule has 0 aliphatic carbocycles. The van der Waals surface area contributed by atoms with E-state index in [9.17, 15) is 9.59 Å². The van der Waals surface area contributed by atoms with Gasteiger partial charge in [-0.2, -0.15) is 0 Å². The Hall–Kier alpha value is -3.45. The van der Waals surface area contributed by atoms with Crippen molar-refractivity contribution in [2.24, 2.45) is 0 Å². The zero-order valence-corrected chi connectivity index (χ0v) is 21.0. The van der Waals surface area contributed by atoms with Crippen molar-refractivity contribution in [2.45, 2.75) is 46.0 Å². The molecule has 1 aliphatic rings. The third-order valence-electron chi connectivity index (χ3n) is 6.22. The maximum absolute atomic E-state index is 13.1. The molecule has 4 rings (SSSR count). The summed E-state index contributed by atoms with van der Waals surface area (Å²) in [5.41, 5.74) is 3.71. The third kappa shape index (κ3) is 6.17. The van der Waals surface area contributed by atoms with Crippen LogP contribution in [0.3, 0.4) is 0 Å². The number of hydrogen-bond donors (Lipinski definition) is 2. The Balaban J connectivity index is 1.61. The van der Waals surface area contributed by atoms with Crippen LogP contribution in [-0.2, 0) is 10.2 Å². The van der Waals surface area contributed by atoms with Gasteiger partial charge in [-0.3, -0.25) is 9.59 Å². The van der Waals surface area contributed by atoms with Gasteiger partial charge in [-0.25, -0.2) is 4.98 Å². The Labute approximate surface area is 206 Å². The quantitative estimate of drug-likeness (QED) is 0.498. The number of rotatable bonds is 7. The molecule has 1 aliphatic heterocycles. The van der Waals surface area contributed by atoms with E-state index in [1.807, 2.05) is 24.3 Å². The van der Waals surface area contributed by atoms with Crippen LogP contribution in [0.2, 0.25) is 0 Å². The second kappa shape index (κ2) is 10.4. The Bertz CT molecular complexity index is 1170. The van der Waals surface area contributed by atoms with Crippen molar-refractivity contribution >= 4 is 17.5 Å². The molecular weight excluding hydrogens is 440 g/mol. The van der Waals surface area contributed by atoms with Crippen LogP contribution < -0.4 is 10.6 Å². The summed E-state index contributed by atoms with van der Waals surface area (Å²) in [6.07, 6.45) is 2.43. The van der Waals surface area contributed by atoms with Crippen molar-refractivity contribution in [1.82, 2.24) is 15.2 Å². The first kappa shape index (κ1) is 24.7. The molecular formula is C28H34N4O3. The summed E-state index contributed by atoms with van der Waals surface area (Å²) in [5.74, 6) is 0.409. The molecule has 7 heteroatoms. The lowest BCUT2D eigenvalue weighted by molar-refractivity contribution is -0.114. The van der Waals surface area contributed by atoms with Gasteiger partial charge >= 0.3 is 0 Å². The second-order valence-electron chi connectivity index (χ2n) is 10.1. The number of benzene rings is 2. The van der Waals surface area contributed by atoms with Crippen LogP contribution in [0.15, 0.2) is 52.9 Å². The molecule has 2 aromatic carbocycles. The highest BCUT2D eigenvalue weighted by Gasteiger charge is 2.23. The fourth-order valence-electron chi connectivity index (χ4n) is 4.23.